The molecule has 4 heteroatoms. The van der Waals surface area contributed by atoms with E-state index in [-0.39, 0.29) is 5.56 Å². The largest absolute Gasteiger partial charge is 0.493 e. The number of ether oxygens (including phenoxy) is 2. The van der Waals surface area contributed by atoms with Crippen LogP contribution in [0.3, 0.4) is 0 Å². The monoisotopic (exact) mass is 242 g/mol. The molecule has 0 fully saturated rings. The SMILES string of the molecule is CCOCCCOc1ccc(C(C)O)c(F)c1. The number of rotatable bonds is 7. The van der Waals surface area contributed by atoms with Crippen LogP contribution in [0.4, 0.5) is 4.39 Å². The van der Waals surface area contributed by atoms with Crippen molar-refractivity contribution in [1.82, 2.24) is 0 Å². The number of hydrogen-bond acceptors (Lipinski definition) is 3. The maximum atomic E-state index is 13.5. The van der Waals surface area contributed by atoms with Gasteiger partial charge < -0.3 is 14.6 Å². The predicted octanol–water partition coefficient (Wildman–Crippen LogP) is 2.68. The van der Waals surface area contributed by atoms with Gasteiger partial charge in [0, 0.05) is 31.3 Å². The van der Waals surface area contributed by atoms with Crippen molar-refractivity contribution in [1.29, 1.82) is 0 Å². The molecule has 1 aromatic carbocycles. The number of hydrogen-bond donors (Lipinski definition) is 1. The number of benzene rings is 1. The molecule has 0 bridgehead atoms. The van der Waals surface area contributed by atoms with E-state index < -0.39 is 11.9 Å². The molecule has 0 heterocycles. The third kappa shape index (κ3) is 4.71. The van der Waals surface area contributed by atoms with Crippen LogP contribution in [-0.2, 0) is 4.74 Å². The van der Waals surface area contributed by atoms with Gasteiger partial charge in [-0.15, -0.1) is 0 Å². The quantitative estimate of drug-likeness (QED) is 0.747. The van der Waals surface area contributed by atoms with Crippen LogP contribution >= 0.6 is 0 Å². The molecule has 1 N–H and O–H groups in total. The topological polar surface area (TPSA) is 38.7 Å². The molecule has 96 valence electrons. The van der Waals surface area contributed by atoms with Gasteiger partial charge in [-0.3, -0.25) is 0 Å². The summed E-state index contributed by atoms with van der Waals surface area (Å²) >= 11 is 0. The Kier molecular flexibility index (Phi) is 5.94. The zero-order chi connectivity index (χ0) is 12.7. The van der Waals surface area contributed by atoms with Gasteiger partial charge in [-0.2, -0.15) is 0 Å². The number of aliphatic hydroxyl groups excluding tert-OH is 1. The molecule has 0 spiro atoms. The highest BCUT2D eigenvalue weighted by Crippen LogP contribution is 2.21. The molecule has 0 saturated heterocycles. The van der Waals surface area contributed by atoms with Crippen molar-refractivity contribution in [2.45, 2.75) is 26.4 Å². The number of aliphatic hydroxyl groups is 1. The molecule has 1 rings (SSSR count). The van der Waals surface area contributed by atoms with E-state index in [0.29, 0.717) is 25.6 Å². The summed E-state index contributed by atoms with van der Waals surface area (Å²) in [5.41, 5.74) is 0.284. The second-order valence-electron chi connectivity index (χ2n) is 3.76. The first-order valence-corrected chi connectivity index (χ1v) is 5.83. The molecular formula is C13H19FO3. The lowest BCUT2D eigenvalue weighted by Crippen LogP contribution is -2.03. The van der Waals surface area contributed by atoms with E-state index in [9.17, 15) is 9.50 Å². The normalized spacial score (nSPS) is 12.5. The van der Waals surface area contributed by atoms with Gasteiger partial charge in [0.1, 0.15) is 11.6 Å². The van der Waals surface area contributed by atoms with Crippen molar-refractivity contribution in [3.05, 3.63) is 29.6 Å². The molecule has 0 aliphatic heterocycles. The fourth-order valence-corrected chi connectivity index (χ4v) is 1.43. The fraction of sp³-hybridized carbons (Fsp3) is 0.538. The molecule has 1 atom stereocenters. The van der Waals surface area contributed by atoms with Crippen molar-refractivity contribution < 1.29 is 19.0 Å². The van der Waals surface area contributed by atoms with Crippen LogP contribution in [0.1, 0.15) is 31.9 Å². The van der Waals surface area contributed by atoms with Crippen molar-refractivity contribution in [2.75, 3.05) is 19.8 Å². The van der Waals surface area contributed by atoms with Crippen molar-refractivity contribution in [3.8, 4) is 5.75 Å². The van der Waals surface area contributed by atoms with Crippen LogP contribution in [0.25, 0.3) is 0 Å². The van der Waals surface area contributed by atoms with Crippen LogP contribution in [0, 0.1) is 5.82 Å². The van der Waals surface area contributed by atoms with E-state index in [1.807, 2.05) is 6.92 Å². The highest BCUT2D eigenvalue weighted by molar-refractivity contribution is 5.29. The highest BCUT2D eigenvalue weighted by Gasteiger charge is 2.08. The van der Waals surface area contributed by atoms with Gasteiger partial charge in [0.15, 0.2) is 0 Å². The highest BCUT2D eigenvalue weighted by atomic mass is 19.1. The smallest absolute Gasteiger partial charge is 0.132 e. The molecule has 0 radical (unpaired) electrons. The predicted molar refractivity (Wildman–Crippen MR) is 63.6 cm³/mol. The first-order valence-electron chi connectivity index (χ1n) is 5.83. The minimum atomic E-state index is -0.804. The molecule has 0 aliphatic rings. The van der Waals surface area contributed by atoms with Crippen molar-refractivity contribution >= 4 is 0 Å². The van der Waals surface area contributed by atoms with Gasteiger partial charge in [-0.1, -0.05) is 0 Å². The Hall–Kier alpha value is -1.13. The van der Waals surface area contributed by atoms with E-state index >= 15 is 0 Å². The zero-order valence-electron chi connectivity index (χ0n) is 10.3. The molecule has 0 saturated carbocycles. The Morgan fingerprint density at radius 3 is 2.71 bits per heavy atom. The summed E-state index contributed by atoms with van der Waals surface area (Å²) in [7, 11) is 0. The van der Waals surface area contributed by atoms with E-state index in [1.54, 1.807) is 6.07 Å². The lowest BCUT2D eigenvalue weighted by atomic mass is 10.1. The van der Waals surface area contributed by atoms with E-state index in [4.69, 9.17) is 9.47 Å². The van der Waals surface area contributed by atoms with Crippen LogP contribution in [0.5, 0.6) is 5.75 Å². The summed E-state index contributed by atoms with van der Waals surface area (Å²) in [6.07, 6.45) is -0.0323. The molecule has 0 amide bonds. The minimum absolute atomic E-state index is 0.284. The van der Waals surface area contributed by atoms with Crippen LogP contribution < -0.4 is 4.74 Å². The molecule has 1 aromatic rings. The summed E-state index contributed by atoms with van der Waals surface area (Å²) in [5, 5.41) is 9.27. The second kappa shape index (κ2) is 7.25. The van der Waals surface area contributed by atoms with Gasteiger partial charge >= 0.3 is 0 Å². The Balaban J connectivity index is 2.42. The Morgan fingerprint density at radius 2 is 2.12 bits per heavy atom. The van der Waals surface area contributed by atoms with Crippen molar-refractivity contribution in [3.63, 3.8) is 0 Å². The minimum Gasteiger partial charge on any atom is -0.493 e. The molecular weight excluding hydrogens is 223 g/mol. The van der Waals surface area contributed by atoms with Gasteiger partial charge in [0.2, 0.25) is 0 Å². The standard InChI is InChI=1S/C13H19FO3/c1-3-16-7-4-8-17-11-5-6-12(10(2)15)13(14)9-11/h5-6,9-10,15H,3-4,7-8H2,1-2H3. The lowest BCUT2D eigenvalue weighted by molar-refractivity contribution is 0.130. The Morgan fingerprint density at radius 1 is 1.35 bits per heavy atom. The van der Waals surface area contributed by atoms with Gasteiger partial charge in [-0.25, -0.2) is 4.39 Å². The van der Waals surface area contributed by atoms with Crippen LogP contribution in [0.15, 0.2) is 18.2 Å². The second-order valence-corrected chi connectivity index (χ2v) is 3.76. The Bertz CT molecular complexity index is 339. The van der Waals surface area contributed by atoms with Crippen LogP contribution in [0.2, 0.25) is 0 Å². The lowest BCUT2D eigenvalue weighted by Gasteiger charge is -2.10. The maximum absolute atomic E-state index is 13.5. The van der Waals surface area contributed by atoms with Crippen LogP contribution in [-0.4, -0.2) is 24.9 Å². The maximum Gasteiger partial charge on any atom is 0.132 e. The van der Waals surface area contributed by atoms with Crippen molar-refractivity contribution in [2.24, 2.45) is 0 Å². The summed E-state index contributed by atoms with van der Waals surface area (Å²) in [4.78, 5) is 0. The summed E-state index contributed by atoms with van der Waals surface area (Å²) in [6, 6.07) is 4.49. The zero-order valence-corrected chi connectivity index (χ0v) is 10.3. The number of halogens is 1. The van der Waals surface area contributed by atoms with Gasteiger partial charge in [-0.05, 0) is 26.0 Å². The van der Waals surface area contributed by atoms with E-state index in [0.717, 1.165) is 6.42 Å². The first kappa shape index (κ1) is 13.9. The van der Waals surface area contributed by atoms with Gasteiger partial charge in [0.25, 0.3) is 0 Å². The third-order valence-corrected chi connectivity index (χ3v) is 2.33. The fourth-order valence-electron chi connectivity index (χ4n) is 1.43. The molecule has 0 aromatic heterocycles. The van der Waals surface area contributed by atoms with E-state index in [1.165, 1.54) is 19.1 Å². The average molecular weight is 242 g/mol. The molecule has 3 nitrogen and oxygen atoms in total. The first-order chi connectivity index (χ1) is 8.15. The summed E-state index contributed by atoms with van der Waals surface area (Å²) < 4.78 is 24.0. The summed E-state index contributed by atoms with van der Waals surface area (Å²) in [6.45, 7) is 5.29. The third-order valence-electron chi connectivity index (χ3n) is 2.33. The average Bonchev–Trinajstić information content (AvgIpc) is 2.28. The van der Waals surface area contributed by atoms with Gasteiger partial charge in [0.05, 0.1) is 12.7 Å². The Labute approximate surface area is 101 Å². The summed E-state index contributed by atoms with van der Waals surface area (Å²) in [5.74, 6) is 0.0331. The molecule has 1 unspecified atom stereocenters. The molecule has 17 heavy (non-hydrogen) atoms. The van der Waals surface area contributed by atoms with E-state index in [2.05, 4.69) is 0 Å². The molecule has 0 aliphatic carbocycles.